The standard InChI is InChI=1S/C34H28N6O4/c1-43-27-17-13-23(14-18-27)31-21-29(37-39(31)25-9-5-3-6-10-25)33(41)35-36-34(42)30-22-32(24-15-19-28(44-2)20-16-24)40(38-30)26-11-7-4-8-12-26/h3-22H,1-2H3,(H,35,41)(H,36,42). The van der Waals surface area contributed by atoms with E-state index in [1.807, 2.05) is 109 Å². The van der Waals surface area contributed by atoms with E-state index in [-0.39, 0.29) is 11.4 Å². The van der Waals surface area contributed by atoms with Crippen LogP contribution in [0, 0.1) is 0 Å². The number of nitrogens with zero attached hydrogens (tertiary/aromatic N) is 4. The summed E-state index contributed by atoms with van der Waals surface area (Å²) in [6.45, 7) is 0. The third kappa shape index (κ3) is 5.77. The lowest BCUT2D eigenvalue weighted by Gasteiger charge is -2.08. The summed E-state index contributed by atoms with van der Waals surface area (Å²) in [7, 11) is 3.21. The third-order valence-corrected chi connectivity index (χ3v) is 6.95. The van der Waals surface area contributed by atoms with Gasteiger partial charge in [-0.25, -0.2) is 9.36 Å². The Balaban J connectivity index is 1.25. The molecule has 0 atom stereocenters. The molecule has 2 heterocycles. The van der Waals surface area contributed by atoms with Gasteiger partial charge in [-0.1, -0.05) is 36.4 Å². The fraction of sp³-hybridized carbons (Fsp3) is 0.0588. The number of ether oxygens (including phenoxy) is 2. The number of hydrogen-bond donors (Lipinski definition) is 2. The highest BCUT2D eigenvalue weighted by molar-refractivity contribution is 5.98. The predicted molar refractivity (Wildman–Crippen MR) is 166 cm³/mol. The highest BCUT2D eigenvalue weighted by Crippen LogP contribution is 2.27. The fourth-order valence-corrected chi connectivity index (χ4v) is 4.69. The zero-order chi connectivity index (χ0) is 30.5. The summed E-state index contributed by atoms with van der Waals surface area (Å²) in [5.41, 5.74) is 9.82. The first-order valence-electron chi connectivity index (χ1n) is 13.7. The summed E-state index contributed by atoms with van der Waals surface area (Å²) in [5, 5.41) is 9.11. The summed E-state index contributed by atoms with van der Waals surface area (Å²) in [6, 6.07) is 37.2. The van der Waals surface area contributed by atoms with Gasteiger partial charge in [-0.2, -0.15) is 10.2 Å². The van der Waals surface area contributed by atoms with Gasteiger partial charge >= 0.3 is 0 Å². The van der Waals surface area contributed by atoms with Crippen molar-refractivity contribution in [3.8, 4) is 45.4 Å². The van der Waals surface area contributed by atoms with Gasteiger partial charge in [0, 0.05) is 11.1 Å². The SMILES string of the molecule is COc1ccc(-c2cc(C(=O)NNC(=O)c3cc(-c4ccc(OC)cc4)n(-c4ccccc4)n3)nn2-c2ccccc2)cc1. The molecule has 10 heteroatoms. The monoisotopic (exact) mass is 584 g/mol. The summed E-state index contributed by atoms with van der Waals surface area (Å²) in [6.07, 6.45) is 0. The van der Waals surface area contributed by atoms with Crippen LogP contribution in [0.2, 0.25) is 0 Å². The van der Waals surface area contributed by atoms with Crippen LogP contribution in [0.5, 0.6) is 11.5 Å². The molecule has 0 spiro atoms. The van der Waals surface area contributed by atoms with Gasteiger partial charge in [0.25, 0.3) is 11.8 Å². The topological polar surface area (TPSA) is 112 Å². The third-order valence-electron chi connectivity index (χ3n) is 6.95. The van der Waals surface area contributed by atoms with E-state index in [1.54, 1.807) is 35.7 Å². The van der Waals surface area contributed by atoms with Gasteiger partial charge < -0.3 is 9.47 Å². The molecule has 0 bridgehead atoms. The van der Waals surface area contributed by atoms with Crippen LogP contribution in [0.15, 0.2) is 121 Å². The van der Waals surface area contributed by atoms with Crippen molar-refractivity contribution >= 4 is 11.8 Å². The van der Waals surface area contributed by atoms with Gasteiger partial charge in [0.05, 0.1) is 37.0 Å². The predicted octanol–water partition coefficient (Wildman–Crippen LogP) is 5.48. The smallest absolute Gasteiger partial charge is 0.290 e. The highest BCUT2D eigenvalue weighted by Gasteiger charge is 2.20. The maximum Gasteiger partial charge on any atom is 0.290 e. The Hall–Kier alpha value is -6.16. The molecule has 0 radical (unpaired) electrons. The number of nitrogens with one attached hydrogen (secondary N) is 2. The molecule has 0 saturated carbocycles. The Bertz CT molecular complexity index is 1760. The van der Waals surface area contributed by atoms with E-state index in [2.05, 4.69) is 21.0 Å². The Morgan fingerprint density at radius 1 is 0.545 bits per heavy atom. The van der Waals surface area contributed by atoms with Crippen LogP contribution in [-0.4, -0.2) is 45.6 Å². The first kappa shape index (κ1) is 28.0. The van der Waals surface area contributed by atoms with Gasteiger partial charge in [0.1, 0.15) is 11.5 Å². The van der Waals surface area contributed by atoms with Crippen molar-refractivity contribution in [1.82, 2.24) is 30.4 Å². The van der Waals surface area contributed by atoms with Crippen LogP contribution >= 0.6 is 0 Å². The van der Waals surface area contributed by atoms with E-state index < -0.39 is 11.8 Å². The number of rotatable bonds is 8. The van der Waals surface area contributed by atoms with Gasteiger partial charge in [-0.3, -0.25) is 20.4 Å². The minimum absolute atomic E-state index is 0.119. The van der Waals surface area contributed by atoms with E-state index in [0.29, 0.717) is 22.9 Å². The van der Waals surface area contributed by atoms with E-state index in [1.165, 1.54) is 0 Å². The number of amides is 2. The fourth-order valence-electron chi connectivity index (χ4n) is 4.69. The van der Waals surface area contributed by atoms with Gasteiger partial charge in [0.15, 0.2) is 11.4 Å². The Kier molecular flexibility index (Phi) is 7.87. The van der Waals surface area contributed by atoms with Crippen LogP contribution < -0.4 is 20.3 Å². The molecular weight excluding hydrogens is 556 g/mol. The number of aromatic nitrogens is 4. The molecule has 2 N–H and O–H groups in total. The number of carbonyl (C=O) groups is 2. The molecule has 0 saturated heterocycles. The van der Waals surface area contributed by atoms with Crippen LogP contribution in [-0.2, 0) is 0 Å². The lowest BCUT2D eigenvalue weighted by molar-refractivity contribution is 0.0841. The van der Waals surface area contributed by atoms with Crippen molar-refractivity contribution in [1.29, 1.82) is 0 Å². The van der Waals surface area contributed by atoms with Crippen molar-refractivity contribution in [2.75, 3.05) is 14.2 Å². The molecule has 6 rings (SSSR count). The van der Waals surface area contributed by atoms with Gasteiger partial charge in [-0.15, -0.1) is 0 Å². The van der Waals surface area contributed by atoms with Crippen LogP contribution in [0.4, 0.5) is 0 Å². The average Bonchev–Trinajstić information content (AvgIpc) is 3.74. The van der Waals surface area contributed by atoms with Gasteiger partial charge in [-0.05, 0) is 84.9 Å². The van der Waals surface area contributed by atoms with Crippen molar-refractivity contribution in [3.63, 3.8) is 0 Å². The molecule has 2 amide bonds. The number of methoxy groups -OCH3 is 2. The zero-order valence-electron chi connectivity index (χ0n) is 24.0. The number of carbonyl (C=O) groups excluding carboxylic acids is 2. The second-order valence-corrected chi connectivity index (χ2v) is 9.69. The summed E-state index contributed by atoms with van der Waals surface area (Å²) < 4.78 is 13.9. The molecule has 0 aliphatic carbocycles. The first-order valence-corrected chi connectivity index (χ1v) is 13.7. The molecular formula is C34H28N6O4. The molecule has 44 heavy (non-hydrogen) atoms. The molecule has 0 aliphatic heterocycles. The average molecular weight is 585 g/mol. The van der Waals surface area contributed by atoms with E-state index >= 15 is 0 Å². The quantitative estimate of drug-likeness (QED) is 0.229. The second-order valence-electron chi connectivity index (χ2n) is 9.69. The van der Waals surface area contributed by atoms with Crippen LogP contribution in [0.3, 0.4) is 0 Å². The summed E-state index contributed by atoms with van der Waals surface area (Å²) in [5.74, 6) is 0.261. The molecule has 0 unspecified atom stereocenters. The number of para-hydroxylation sites is 2. The second kappa shape index (κ2) is 12.4. The lowest BCUT2D eigenvalue weighted by atomic mass is 10.1. The van der Waals surface area contributed by atoms with Crippen LogP contribution in [0.1, 0.15) is 21.0 Å². The Labute approximate surface area is 253 Å². The maximum absolute atomic E-state index is 13.2. The zero-order valence-corrected chi connectivity index (χ0v) is 24.0. The van der Waals surface area contributed by atoms with Crippen molar-refractivity contribution in [2.45, 2.75) is 0 Å². The van der Waals surface area contributed by atoms with Crippen molar-refractivity contribution in [3.05, 3.63) is 133 Å². The van der Waals surface area contributed by atoms with E-state index in [0.717, 1.165) is 22.5 Å². The molecule has 218 valence electrons. The van der Waals surface area contributed by atoms with E-state index in [9.17, 15) is 9.59 Å². The lowest BCUT2D eigenvalue weighted by Crippen LogP contribution is -2.42. The Morgan fingerprint density at radius 3 is 1.25 bits per heavy atom. The molecule has 4 aromatic carbocycles. The Morgan fingerprint density at radius 2 is 0.909 bits per heavy atom. The summed E-state index contributed by atoms with van der Waals surface area (Å²) >= 11 is 0. The molecule has 0 aliphatic rings. The van der Waals surface area contributed by atoms with Crippen molar-refractivity contribution in [2.24, 2.45) is 0 Å². The minimum Gasteiger partial charge on any atom is -0.497 e. The number of hydrogen-bond acceptors (Lipinski definition) is 6. The highest BCUT2D eigenvalue weighted by atomic mass is 16.5. The molecule has 6 aromatic rings. The van der Waals surface area contributed by atoms with Crippen molar-refractivity contribution < 1.29 is 19.1 Å². The molecule has 10 nitrogen and oxygen atoms in total. The molecule has 2 aromatic heterocycles. The first-order chi connectivity index (χ1) is 21.5. The number of hydrazine groups is 1. The van der Waals surface area contributed by atoms with Crippen LogP contribution in [0.25, 0.3) is 33.9 Å². The maximum atomic E-state index is 13.2. The van der Waals surface area contributed by atoms with Gasteiger partial charge in [0.2, 0.25) is 0 Å². The van der Waals surface area contributed by atoms with E-state index in [4.69, 9.17) is 9.47 Å². The molecule has 0 fully saturated rings. The largest absolute Gasteiger partial charge is 0.497 e. The minimum atomic E-state index is -0.583. The normalized spacial score (nSPS) is 10.7. The summed E-state index contributed by atoms with van der Waals surface area (Å²) in [4.78, 5) is 26.5. The number of benzene rings is 4.